The summed E-state index contributed by atoms with van der Waals surface area (Å²) in [6.07, 6.45) is 3.66. The van der Waals surface area contributed by atoms with Gasteiger partial charge in [-0.1, -0.05) is 85.3 Å². The van der Waals surface area contributed by atoms with Crippen LogP contribution in [0.5, 0.6) is 5.75 Å². The van der Waals surface area contributed by atoms with Gasteiger partial charge in [0.05, 0.1) is 11.5 Å². The van der Waals surface area contributed by atoms with Crippen molar-refractivity contribution in [3.8, 4) is 17.6 Å². The highest BCUT2D eigenvalue weighted by Crippen LogP contribution is 2.31. The van der Waals surface area contributed by atoms with Crippen LogP contribution in [0.25, 0.3) is 0 Å². The highest BCUT2D eigenvalue weighted by molar-refractivity contribution is 5.95. The number of benzene rings is 3. The molecule has 5 nitrogen and oxygen atoms in total. The summed E-state index contributed by atoms with van der Waals surface area (Å²) >= 11 is 0. The van der Waals surface area contributed by atoms with Gasteiger partial charge < -0.3 is 15.2 Å². The lowest BCUT2D eigenvalue weighted by molar-refractivity contribution is -0.152. The van der Waals surface area contributed by atoms with Crippen LogP contribution >= 0.6 is 0 Å². The molecule has 0 bridgehead atoms. The first-order valence-corrected chi connectivity index (χ1v) is 12.0. The van der Waals surface area contributed by atoms with Crippen LogP contribution in [0.4, 0.5) is 0 Å². The number of rotatable bonds is 7. The van der Waals surface area contributed by atoms with E-state index in [9.17, 15) is 4.79 Å². The fourth-order valence-electron chi connectivity index (χ4n) is 4.25. The number of amidine groups is 1. The number of nitrogen functional groups attached to an aromatic ring is 1. The first-order chi connectivity index (χ1) is 17.1. The lowest BCUT2D eigenvalue weighted by atomic mass is 9.79. The van der Waals surface area contributed by atoms with Gasteiger partial charge >= 0.3 is 5.97 Å². The lowest BCUT2D eigenvalue weighted by Crippen LogP contribution is -2.28. The zero-order valence-electron chi connectivity index (χ0n) is 19.7. The van der Waals surface area contributed by atoms with E-state index in [-0.39, 0.29) is 30.2 Å². The highest BCUT2D eigenvalue weighted by Gasteiger charge is 2.31. The fourth-order valence-corrected chi connectivity index (χ4v) is 4.25. The Bertz CT molecular complexity index is 1210. The second-order valence-electron chi connectivity index (χ2n) is 8.76. The molecule has 1 saturated carbocycles. The molecule has 178 valence electrons. The van der Waals surface area contributed by atoms with Gasteiger partial charge in [-0.05, 0) is 42.2 Å². The van der Waals surface area contributed by atoms with Gasteiger partial charge in [-0.2, -0.15) is 0 Å². The molecule has 2 unspecified atom stereocenters. The quantitative estimate of drug-likeness (QED) is 0.210. The molecule has 0 saturated heterocycles. The summed E-state index contributed by atoms with van der Waals surface area (Å²) in [6, 6.07) is 25.0. The van der Waals surface area contributed by atoms with Crippen molar-refractivity contribution in [2.75, 3.05) is 0 Å². The minimum absolute atomic E-state index is 0.0253. The minimum atomic E-state index is -0.246. The van der Waals surface area contributed by atoms with Crippen LogP contribution in [-0.4, -0.2) is 11.8 Å². The maximum Gasteiger partial charge on any atom is 0.310 e. The average Bonchev–Trinajstić information content (AvgIpc) is 2.91. The van der Waals surface area contributed by atoms with E-state index in [1.54, 1.807) is 18.2 Å². The van der Waals surface area contributed by atoms with Crippen LogP contribution < -0.4 is 10.5 Å². The highest BCUT2D eigenvalue weighted by atomic mass is 16.5. The van der Waals surface area contributed by atoms with Crippen molar-refractivity contribution in [3.63, 3.8) is 0 Å². The molecule has 1 fully saturated rings. The average molecular weight is 467 g/mol. The molecule has 0 radical (unpaired) electrons. The third kappa shape index (κ3) is 6.74. The number of ether oxygens (including phenoxy) is 2. The predicted octanol–water partition coefficient (Wildman–Crippen LogP) is 5.45. The molecular formula is C30H30N2O3. The lowest BCUT2D eigenvalue weighted by Gasteiger charge is -2.26. The van der Waals surface area contributed by atoms with Gasteiger partial charge in [0.2, 0.25) is 0 Å². The van der Waals surface area contributed by atoms with Gasteiger partial charge in [-0.15, -0.1) is 0 Å². The summed E-state index contributed by atoms with van der Waals surface area (Å²) in [5.74, 6) is 6.65. The Hall–Kier alpha value is -4.04. The van der Waals surface area contributed by atoms with E-state index in [0.717, 1.165) is 36.8 Å². The van der Waals surface area contributed by atoms with Crippen molar-refractivity contribution in [2.24, 2.45) is 17.6 Å². The summed E-state index contributed by atoms with van der Waals surface area (Å²) in [5.41, 5.74) is 8.99. The normalized spacial score (nSPS) is 17.0. The molecule has 3 N–H and O–H groups in total. The second kappa shape index (κ2) is 11.9. The number of carbonyl (C=O) groups excluding carboxylic acids is 1. The number of nitrogens with one attached hydrogen (secondary N) is 1. The Morgan fingerprint density at radius 2 is 1.57 bits per heavy atom. The number of nitrogens with two attached hydrogens (primary N) is 1. The topological polar surface area (TPSA) is 85.4 Å². The van der Waals surface area contributed by atoms with Crippen LogP contribution in [0.15, 0.2) is 78.9 Å². The van der Waals surface area contributed by atoms with Gasteiger partial charge in [0.15, 0.2) is 0 Å². The van der Waals surface area contributed by atoms with Crippen molar-refractivity contribution < 1.29 is 14.3 Å². The van der Waals surface area contributed by atoms with Crippen LogP contribution in [0.1, 0.15) is 47.9 Å². The first-order valence-electron chi connectivity index (χ1n) is 12.0. The van der Waals surface area contributed by atoms with E-state index >= 15 is 0 Å². The maximum atomic E-state index is 12.9. The minimum Gasteiger partial charge on any atom is -0.488 e. The molecule has 3 aromatic carbocycles. The summed E-state index contributed by atoms with van der Waals surface area (Å²) in [4.78, 5) is 12.9. The second-order valence-corrected chi connectivity index (χ2v) is 8.76. The van der Waals surface area contributed by atoms with E-state index in [0.29, 0.717) is 23.5 Å². The SMILES string of the molecule is N=C(N)c1ccc(OCc2ccccc2)c(C#CC2CCCCC2C(=O)OCc2ccccc2)c1. The fraction of sp³-hybridized carbons (Fsp3) is 0.267. The monoisotopic (exact) mass is 466 g/mol. The summed E-state index contributed by atoms with van der Waals surface area (Å²) in [7, 11) is 0. The van der Waals surface area contributed by atoms with Gasteiger partial charge in [0.25, 0.3) is 0 Å². The van der Waals surface area contributed by atoms with E-state index in [1.807, 2.05) is 60.7 Å². The van der Waals surface area contributed by atoms with Gasteiger partial charge in [-0.3, -0.25) is 10.2 Å². The summed E-state index contributed by atoms with van der Waals surface area (Å²) in [5, 5.41) is 7.80. The van der Waals surface area contributed by atoms with Crippen molar-refractivity contribution >= 4 is 11.8 Å². The van der Waals surface area contributed by atoms with E-state index in [4.69, 9.17) is 20.6 Å². The standard InChI is InChI=1S/C30H30N2O3/c31-29(32)26-17-18-28(34-20-22-9-3-1-4-10-22)25(19-26)16-15-24-13-7-8-14-27(24)30(33)35-21-23-11-5-2-6-12-23/h1-6,9-12,17-19,24,27H,7-8,13-14,20-21H2,(H3,31,32). The molecule has 35 heavy (non-hydrogen) atoms. The first kappa shape index (κ1) is 24.1. The third-order valence-corrected chi connectivity index (χ3v) is 6.21. The molecule has 0 aliphatic heterocycles. The van der Waals surface area contributed by atoms with Gasteiger partial charge in [0.1, 0.15) is 24.8 Å². The molecule has 2 atom stereocenters. The Morgan fingerprint density at radius 1 is 0.914 bits per heavy atom. The molecule has 0 heterocycles. The van der Waals surface area contributed by atoms with E-state index < -0.39 is 0 Å². The van der Waals surface area contributed by atoms with Crippen LogP contribution in [0.2, 0.25) is 0 Å². The Morgan fingerprint density at radius 3 is 2.26 bits per heavy atom. The Labute approximate surface area is 206 Å². The van der Waals surface area contributed by atoms with E-state index in [2.05, 4.69) is 11.8 Å². The molecular weight excluding hydrogens is 436 g/mol. The molecule has 0 aromatic heterocycles. The van der Waals surface area contributed by atoms with Gasteiger partial charge in [-0.25, -0.2) is 0 Å². The molecule has 1 aliphatic carbocycles. The van der Waals surface area contributed by atoms with Crippen LogP contribution in [0, 0.1) is 29.1 Å². The number of hydrogen-bond donors (Lipinski definition) is 2. The van der Waals surface area contributed by atoms with Crippen molar-refractivity contribution in [2.45, 2.75) is 38.9 Å². The van der Waals surface area contributed by atoms with Crippen molar-refractivity contribution in [1.29, 1.82) is 5.41 Å². The van der Waals surface area contributed by atoms with E-state index in [1.165, 1.54) is 0 Å². The van der Waals surface area contributed by atoms with Crippen molar-refractivity contribution in [3.05, 3.63) is 101 Å². The zero-order chi connectivity index (χ0) is 24.5. The molecule has 1 aliphatic rings. The number of carbonyl (C=O) groups is 1. The largest absolute Gasteiger partial charge is 0.488 e. The Kier molecular flexibility index (Phi) is 8.19. The Balaban J connectivity index is 1.51. The number of esters is 1. The molecule has 4 rings (SSSR count). The summed E-state index contributed by atoms with van der Waals surface area (Å²) in [6.45, 7) is 0.682. The van der Waals surface area contributed by atoms with Crippen LogP contribution in [-0.2, 0) is 22.7 Å². The van der Waals surface area contributed by atoms with Crippen molar-refractivity contribution in [1.82, 2.24) is 0 Å². The zero-order valence-corrected chi connectivity index (χ0v) is 19.7. The predicted molar refractivity (Wildman–Crippen MR) is 137 cm³/mol. The maximum absolute atomic E-state index is 12.9. The number of hydrogen-bond acceptors (Lipinski definition) is 4. The molecule has 0 amide bonds. The van der Waals surface area contributed by atoms with Crippen LogP contribution in [0.3, 0.4) is 0 Å². The molecule has 5 heteroatoms. The third-order valence-electron chi connectivity index (χ3n) is 6.21. The smallest absolute Gasteiger partial charge is 0.310 e. The molecule has 3 aromatic rings. The molecule has 0 spiro atoms. The van der Waals surface area contributed by atoms with Gasteiger partial charge in [0, 0.05) is 11.5 Å². The summed E-state index contributed by atoms with van der Waals surface area (Å²) < 4.78 is 11.7.